The Bertz CT molecular complexity index is 505. The molecule has 1 heterocycles. The van der Waals surface area contributed by atoms with Crippen LogP contribution in [0.4, 0.5) is 4.39 Å². The molecule has 90 valence electrons. The molecule has 2 rings (SSSR count). The van der Waals surface area contributed by atoms with E-state index in [-0.39, 0.29) is 5.82 Å². The Morgan fingerprint density at radius 3 is 2.82 bits per heavy atom. The second kappa shape index (κ2) is 5.10. The van der Waals surface area contributed by atoms with Gasteiger partial charge in [-0.2, -0.15) is 5.10 Å². The van der Waals surface area contributed by atoms with Crippen LogP contribution in [0.1, 0.15) is 12.6 Å². The lowest BCUT2D eigenvalue weighted by molar-refractivity contribution is 0.625. The quantitative estimate of drug-likeness (QED) is 0.879. The molecule has 2 aromatic rings. The van der Waals surface area contributed by atoms with Gasteiger partial charge in [-0.15, -0.1) is 0 Å². The fourth-order valence-corrected chi connectivity index (χ4v) is 1.86. The first-order chi connectivity index (χ1) is 8.24. The van der Waals surface area contributed by atoms with Crippen molar-refractivity contribution in [3.8, 4) is 11.3 Å². The number of nitrogens with one attached hydrogen (secondary N) is 1. The van der Waals surface area contributed by atoms with E-state index in [2.05, 4.69) is 10.4 Å². The highest BCUT2D eigenvalue weighted by molar-refractivity contribution is 5.60. The smallest absolute Gasteiger partial charge is 0.123 e. The Kier molecular flexibility index (Phi) is 3.54. The SMILES string of the molecule is CCn1nc(CNC)cc1-c1cccc(F)c1. The minimum Gasteiger partial charge on any atom is -0.314 e. The summed E-state index contributed by atoms with van der Waals surface area (Å²) in [5, 5.41) is 7.52. The molecular weight excluding hydrogens is 217 g/mol. The molecule has 0 aliphatic rings. The van der Waals surface area contributed by atoms with Crippen LogP contribution in [0.5, 0.6) is 0 Å². The largest absolute Gasteiger partial charge is 0.314 e. The maximum Gasteiger partial charge on any atom is 0.123 e. The number of hydrogen-bond donors (Lipinski definition) is 1. The van der Waals surface area contributed by atoms with E-state index < -0.39 is 0 Å². The van der Waals surface area contributed by atoms with Crippen molar-refractivity contribution < 1.29 is 4.39 Å². The number of hydrogen-bond acceptors (Lipinski definition) is 2. The average Bonchev–Trinajstić information content (AvgIpc) is 2.73. The van der Waals surface area contributed by atoms with Crippen LogP contribution in [-0.2, 0) is 13.1 Å². The summed E-state index contributed by atoms with van der Waals surface area (Å²) in [7, 11) is 1.88. The van der Waals surface area contributed by atoms with Gasteiger partial charge in [0.1, 0.15) is 5.82 Å². The third kappa shape index (κ3) is 2.53. The molecule has 17 heavy (non-hydrogen) atoms. The van der Waals surface area contributed by atoms with Crippen LogP contribution in [0.15, 0.2) is 30.3 Å². The molecule has 0 fully saturated rings. The summed E-state index contributed by atoms with van der Waals surface area (Å²) in [6.45, 7) is 3.52. The molecule has 0 amide bonds. The highest BCUT2D eigenvalue weighted by atomic mass is 19.1. The molecule has 1 aromatic heterocycles. The van der Waals surface area contributed by atoms with Crippen molar-refractivity contribution >= 4 is 0 Å². The maximum absolute atomic E-state index is 13.2. The predicted molar refractivity (Wildman–Crippen MR) is 66.1 cm³/mol. The highest BCUT2D eigenvalue weighted by Gasteiger charge is 2.08. The molecule has 4 heteroatoms. The van der Waals surface area contributed by atoms with Crippen molar-refractivity contribution in [1.82, 2.24) is 15.1 Å². The van der Waals surface area contributed by atoms with Gasteiger partial charge in [0, 0.05) is 18.7 Å². The van der Waals surface area contributed by atoms with Crippen LogP contribution in [-0.4, -0.2) is 16.8 Å². The molecule has 0 aliphatic heterocycles. The van der Waals surface area contributed by atoms with Crippen LogP contribution in [0.25, 0.3) is 11.3 Å². The first-order valence-corrected chi connectivity index (χ1v) is 5.72. The van der Waals surface area contributed by atoms with Crippen LogP contribution >= 0.6 is 0 Å². The van der Waals surface area contributed by atoms with Crippen LogP contribution < -0.4 is 5.32 Å². The van der Waals surface area contributed by atoms with Gasteiger partial charge in [0.2, 0.25) is 0 Å². The zero-order valence-corrected chi connectivity index (χ0v) is 10.1. The molecule has 0 radical (unpaired) electrons. The summed E-state index contributed by atoms with van der Waals surface area (Å²) < 4.78 is 15.1. The van der Waals surface area contributed by atoms with E-state index in [9.17, 15) is 4.39 Å². The lowest BCUT2D eigenvalue weighted by Crippen LogP contribution is -2.06. The fourth-order valence-electron chi connectivity index (χ4n) is 1.86. The summed E-state index contributed by atoms with van der Waals surface area (Å²) in [5.41, 5.74) is 2.78. The summed E-state index contributed by atoms with van der Waals surface area (Å²) in [6, 6.07) is 8.59. The molecule has 0 bridgehead atoms. The van der Waals surface area contributed by atoms with Crippen molar-refractivity contribution in [1.29, 1.82) is 0 Å². The molecule has 0 aliphatic carbocycles. The molecule has 0 atom stereocenters. The van der Waals surface area contributed by atoms with E-state index in [1.54, 1.807) is 6.07 Å². The van der Waals surface area contributed by atoms with Crippen molar-refractivity contribution in [3.63, 3.8) is 0 Å². The van der Waals surface area contributed by atoms with E-state index >= 15 is 0 Å². The molecule has 1 aromatic carbocycles. The van der Waals surface area contributed by atoms with Gasteiger partial charge in [-0.25, -0.2) is 4.39 Å². The Labute approximate surface area is 100 Å². The molecule has 0 saturated heterocycles. The molecule has 0 unspecified atom stereocenters. The lowest BCUT2D eigenvalue weighted by atomic mass is 10.1. The van der Waals surface area contributed by atoms with Gasteiger partial charge in [0.15, 0.2) is 0 Å². The fraction of sp³-hybridized carbons (Fsp3) is 0.308. The number of benzene rings is 1. The zero-order chi connectivity index (χ0) is 12.3. The number of halogens is 1. The topological polar surface area (TPSA) is 29.9 Å². The molecular formula is C13H16FN3. The van der Waals surface area contributed by atoms with Crippen molar-refractivity contribution in [2.45, 2.75) is 20.0 Å². The minimum atomic E-state index is -0.221. The molecule has 1 N–H and O–H groups in total. The lowest BCUT2D eigenvalue weighted by Gasteiger charge is -2.04. The summed E-state index contributed by atoms with van der Waals surface area (Å²) in [5.74, 6) is -0.221. The first-order valence-electron chi connectivity index (χ1n) is 5.72. The number of aryl methyl sites for hydroxylation is 1. The predicted octanol–water partition coefficient (Wildman–Crippen LogP) is 2.43. The van der Waals surface area contributed by atoms with Gasteiger partial charge in [-0.1, -0.05) is 12.1 Å². The molecule has 0 saturated carbocycles. The second-order valence-electron chi connectivity index (χ2n) is 3.88. The van der Waals surface area contributed by atoms with E-state index in [4.69, 9.17) is 0 Å². The number of rotatable bonds is 4. The molecule has 3 nitrogen and oxygen atoms in total. The van der Waals surface area contributed by atoms with Gasteiger partial charge in [0.05, 0.1) is 11.4 Å². The van der Waals surface area contributed by atoms with Crippen LogP contribution in [0, 0.1) is 5.82 Å². The van der Waals surface area contributed by atoms with Gasteiger partial charge in [0.25, 0.3) is 0 Å². The van der Waals surface area contributed by atoms with Crippen LogP contribution in [0.3, 0.4) is 0 Å². The zero-order valence-electron chi connectivity index (χ0n) is 10.1. The summed E-state index contributed by atoms with van der Waals surface area (Å²) in [4.78, 5) is 0. The third-order valence-corrected chi connectivity index (χ3v) is 2.61. The van der Waals surface area contributed by atoms with Gasteiger partial charge in [-0.3, -0.25) is 4.68 Å². The second-order valence-corrected chi connectivity index (χ2v) is 3.88. The van der Waals surface area contributed by atoms with E-state index in [1.807, 2.05) is 30.8 Å². The van der Waals surface area contributed by atoms with E-state index in [0.29, 0.717) is 0 Å². The Hall–Kier alpha value is -1.68. The van der Waals surface area contributed by atoms with Crippen molar-refractivity contribution in [2.24, 2.45) is 0 Å². The normalized spacial score (nSPS) is 10.8. The summed E-state index contributed by atoms with van der Waals surface area (Å²) >= 11 is 0. The van der Waals surface area contributed by atoms with Gasteiger partial charge < -0.3 is 5.32 Å². The van der Waals surface area contributed by atoms with Crippen molar-refractivity contribution in [3.05, 3.63) is 41.8 Å². The molecule has 0 spiro atoms. The Morgan fingerprint density at radius 1 is 1.35 bits per heavy atom. The van der Waals surface area contributed by atoms with Gasteiger partial charge in [-0.05, 0) is 32.2 Å². The summed E-state index contributed by atoms with van der Waals surface area (Å²) in [6.07, 6.45) is 0. The average molecular weight is 233 g/mol. The van der Waals surface area contributed by atoms with Crippen LogP contribution in [0.2, 0.25) is 0 Å². The van der Waals surface area contributed by atoms with E-state index in [0.717, 1.165) is 30.0 Å². The number of nitrogens with zero attached hydrogens (tertiary/aromatic N) is 2. The standard InChI is InChI=1S/C13H16FN3/c1-3-17-13(8-12(16-17)9-15-2)10-5-4-6-11(14)7-10/h4-8,15H,3,9H2,1-2H3. The van der Waals surface area contributed by atoms with E-state index in [1.165, 1.54) is 12.1 Å². The maximum atomic E-state index is 13.2. The monoisotopic (exact) mass is 233 g/mol. The number of aromatic nitrogens is 2. The minimum absolute atomic E-state index is 0.221. The Balaban J connectivity index is 2.43. The highest BCUT2D eigenvalue weighted by Crippen LogP contribution is 2.21. The third-order valence-electron chi connectivity index (χ3n) is 2.61. The first kappa shape index (κ1) is 11.8. The van der Waals surface area contributed by atoms with Gasteiger partial charge >= 0.3 is 0 Å². The Morgan fingerprint density at radius 2 is 2.18 bits per heavy atom. The van der Waals surface area contributed by atoms with Crippen molar-refractivity contribution in [2.75, 3.05) is 7.05 Å².